The average Bonchev–Trinajstić information content (AvgIpc) is 2.86. The van der Waals surface area contributed by atoms with Crippen molar-refractivity contribution in [1.82, 2.24) is 0 Å². The third kappa shape index (κ3) is 1.82. The van der Waals surface area contributed by atoms with Crippen LogP contribution in [0.2, 0.25) is 0 Å². The molecule has 18 heavy (non-hydrogen) atoms. The third-order valence-electron chi connectivity index (χ3n) is 4.21. The number of benzene rings is 1. The van der Waals surface area contributed by atoms with E-state index in [-0.39, 0.29) is 11.8 Å². The van der Waals surface area contributed by atoms with Crippen molar-refractivity contribution in [1.29, 1.82) is 0 Å². The molecular weight excluding hydrogens is 228 g/mol. The van der Waals surface area contributed by atoms with Crippen LogP contribution < -0.4 is 15.8 Å². The summed E-state index contributed by atoms with van der Waals surface area (Å²) in [5.41, 5.74) is 7.08. The van der Waals surface area contributed by atoms with E-state index in [0.717, 1.165) is 5.69 Å². The highest BCUT2D eigenvalue weighted by Gasteiger charge is 2.56. The molecule has 2 aliphatic carbocycles. The highest BCUT2D eigenvalue weighted by molar-refractivity contribution is 5.95. The van der Waals surface area contributed by atoms with Gasteiger partial charge in [0.1, 0.15) is 5.75 Å². The van der Waals surface area contributed by atoms with Gasteiger partial charge in [0.25, 0.3) is 0 Å². The molecular formula is C14H18N2O2. The fourth-order valence-electron chi connectivity index (χ4n) is 3.22. The minimum absolute atomic E-state index is 0.150. The SMILES string of the molecule is COc1cc(NC(=O)C2C3CCCC32)ccc1N. The maximum atomic E-state index is 12.1. The molecule has 1 amide bonds. The van der Waals surface area contributed by atoms with E-state index in [1.807, 2.05) is 6.07 Å². The summed E-state index contributed by atoms with van der Waals surface area (Å²) < 4.78 is 5.14. The molecule has 0 aliphatic heterocycles. The van der Waals surface area contributed by atoms with Gasteiger partial charge in [0.05, 0.1) is 12.8 Å². The summed E-state index contributed by atoms with van der Waals surface area (Å²) in [5, 5.41) is 2.96. The molecule has 3 N–H and O–H groups in total. The lowest BCUT2D eigenvalue weighted by Crippen LogP contribution is -2.16. The molecule has 0 radical (unpaired) electrons. The number of hydrogen-bond donors (Lipinski definition) is 2. The van der Waals surface area contributed by atoms with Crippen molar-refractivity contribution in [2.45, 2.75) is 19.3 Å². The third-order valence-corrected chi connectivity index (χ3v) is 4.21. The quantitative estimate of drug-likeness (QED) is 0.804. The van der Waals surface area contributed by atoms with Crippen LogP contribution in [0.25, 0.3) is 0 Å². The number of carbonyl (C=O) groups is 1. The second kappa shape index (κ2) is 4.19. The topological polar surface area (TPSA) is 64.3 Å². The monoisotopic (exact) mass is 246 g/mol. The van der Waals surface area contributed by atoms with Crippen LogP contribution in [0.15, 0.2) is 18.2 Å². The first-order valence-corrected chi connectivity index (χ1v) is 6.45. The number of methoxy groups -OCH3 is 1. The Kier molecular flexibility index (Phi) is 2.65. The lowest BCUT2D eigenvalue weighted by molar-refractivity contribution is -0.118. The van der Waals surface area contributed by atoms with E-state index < -0.39 is 0 Å². The molecule has 2 aliphatic rings. The number of nitrogens with one attached hydrogen (secondary N) is 1. The predicted octanol–water partition coefficient (Wildman–Crippen LogP) is 2.26. The van der Waals surface area contributed by atoms with Crippen molar-refractivity contribution in [3.63, 3.8) is 0 Å². The Morgan fingerprint density at radius 1 is 1.39 bits per heavy atom. The van der Waals surface area contributed by atoms with Gasteiger partial charge in [-0.05, 0) is 36.8 Å². The Morgan fingerprint density at radius 3 is 2.78 bits per heavy atom. The molecule has 0 bridgehead atoms. The Hall–Kier alpha value is -1.71. The fraction of sp³-hybridized carbons (Fsp3) is 0.500. The van der Waals surface area contributed by atoms with Gasteiger partial charge in [0.2, 0.25) is 5.91 Å². The van der Waals surface area contributed by atoms with E-state index in [2.05, 4.69) is 5.32 Å². The minimum Gasteiger partial charge on any atom is -0.495 e. The lowest BCUT2D eigenvalue weighted by atomic mass is 10.1. The van der Waals surface area contributed by atoms with E-state index >= 15 is 0 Å². The molecule has 2 unspecified atom stereocenters. The predicted molar refractivity (Wildman–Crippen MR) is 70.4 cm³/mol. The molecule has 3 rings (SSSR count). The second-order valence-corrected chi connectivity index (χ2v) is 5.23. The second-order valence-electron chi connectivity index (χ2n) is 5.23. The fourth-order valence-corrected chi connectivity index (χ4v) is 3.22. The number of nitrogens with two attached hydrogens (primary N) is 1. The van der Waals surface area contributed by atoms with Crippen LogP contribution in [0.3, 0.4) is 0 Å². The lowest BCUT2D eigenvalue weighted by Gasteiger charge is -2.09. The first-order valence-electron chi connectivity index (χ1n) is 6.45. The van der Waals surface area contributed by atoms with Crippen LogP contribution in [0.5, 0.6) is 5.75 Å². The average molecular weight is 246 g/mol. The van der Waals surface area contributed by atoms with E-state index in [9.17, 15) is 4.79 Å². The summed E-state index contributed by atoms with van der Waals surface area (Å²) in [5.74, 6) is 2.27. The number of hydrogen-bond acceptors (Lipinski definition) is 3. The zero-order valence-electron chi connectivity index (χ0n) is 10.5. The van der Waals surface area contributed by atoms with Crippen LogP contribution in [0.4, 0.5) is 11.4 Å². The molecule has 0 saturated heterocycles. The number of anilines is 2. The number of ether oxygens (including phenoxy) is 1. The number of rotatable bonds is 3. The van der Waals surface area contributed by atoms with Gasteiger partial charge in [-0.2, -0.15) is 0 Å². The first-order chi connectivity index (χ1) is 8.70. The Labute approximate surface area is 107 Å². The van der Waals surface area contributed by atoms with Crippen molar-refractivity contribution in [2.75, 3.05) is 18.2 Å². The number of fused-ring (bicyclic) bond motifs is 1. The molecule has 0 heterocycles. The summed E-state index contributed by atoms with van der Waals surface area (Å²) in [4.78, 5) is 12.1. The zero-order chi connectivity index (χ0) is 12.7. The van der Waals surface area contributed by atoms with Crippen molar-refractivity contribution in [3.05, 3.63) is 18.2 Å². The molecule has 2 atom stereocenters. The summed E-state index contributed by atoms with van der Waals surface area (Å²) in [7, 11) is 1.57. The Morgan fingerprint density at radius 2 is 2.11 bits per heavy atom. The van der Waals surface area contributed by atoms with Crippen molar-refractivity contribution < 1.29 is 9.53 Å². The number of nitrogen functional groups attached to an aromatic ring is 1. The summed E-state index contributed by atoms with van der Waals surface area (Å²) in [6, 6.07) is 5.33. The van der Waals surface area contributed by atoms with Gasteiger partial charge in [-0.3, -0.25) is 4.79 Å². The standard InChI is InChI=1S/C14H18N2O2/c1-18-12-7-8(5-6-11(12)15)16-14(17)13-9-3-2-4-10(9)13/h5-7,9-10,13H,2-4,15H2,1H3,(H,16,17). The summed E-state index contributed by atoms with van der Waals surface area (Å²) in [6.45, 7) is 0. The van der Waals surface area contributed by atoms with Crippen LogP contribution in [0, 0.1) is 17.8 Å². The first kappa shape index (κ1) is 11.4. The maximum Gasteiger partial charge on any atom is 0.228 e. The van der Waals surface area contributed by atoms with Crippen LogP contribution in [-0.4, -0.2) is 13.0 Å². The van der Waals surface area contributed by atoms with E-state index in [0.29, 0.717) is 23.3 Å². The molecule has 1 aromatic carbocycles. The number of carbonyl (C=O) groups excluding carboxylic acids is 1. The van der Waals surface area contributed by atoms with Crippen LogP contribution in [0.1, 0.15) is 19.3 Å². The van der Waals surface area contributed by atoms with E-state index in [4.69, 9.17) is 10.5 Å². The molecule has 1 aromatic rings. The Balaban J connectivity index is 1.67. The summed E-state index contributed by atoms with van der Waals surface area (Å²) in [6.07, 6.45) is 3.72. The Bertz CT molecular complexity index is 477. The molecule has 2 fully saturated rings. The van der Waals surface area contributed by atoms with Crippen molar-refractivity contribution in [3.8, 4) is 5.75 Å². The maximum absolute atomic E-state index is 12.1. The smallest absolute Gasteiger partial charge is 0.228 e. The molecule has 0 aromatic heterocycles. The highest BCUT2D eigenvalue weighted by atomic mass is 16.5. The minimum atomic E-state index is 0.150. The van der Waals surface area contributed by atoms with Gasteiger partial charge < -0.3 is 15.8 Å². The van der Waals surface area contributed by atoms with Crippen molar-refractivity contribution >= 4 is 17.3 Å². The number of amides is 1. The van der Waals surface area contributed by atoms with Gasteiger partial charge in [-0.1, -0.05) is 6.42 Å². The largest absolute Gasteiger partial charge is 0.495 e. The molecule has 4 heteroatoms. The highest BCUT2D eigenvalue weighted by Crippen LogP contribution is 2.57. The van der Waals surface area contributed by atoms with Gasteiger partial charge in [0, 0.05) is 17.7 Å². The van der Waals surface area contributed by atoms with E-state index in [1.165, 1.54) is 19.3 Å². The molecule has 96 valence electrons. The zero-order valence-corrected chi connectivity index (χ0v) is 10.5. The van der Waals surface area contributed by atoms with Crippen LogP contribution >= 0.6 is 0 Å². The van der Waals surface area contributed by atoms with Crippen molar-refractivity contribution in [2.24, 2.45) is 17.8 Å². The normalized spacial score (nSPS) is 28.6. The van der Waals surface area contributed by atoms with Crippen LogP contribution in [-0.2, 0) is 4.79 Å². The molecule has 4 nitrogen and oxygen atoms in total. The van der Waals surface area contributed by atoms with Gasteiger partial charge in [-0.15, -0.1) is 0 Å². The summed E-state index contributed by atoms with van der Waals surface area (Å²) >= 11 is 0. The van der Waals surface area contributed by atoms with Gasteiger partial charge >= 0.3 is 0 Å². The van der Waals surface area contributed by atoms with Gasteiger partial charge in [0.15, 0.2) is 0 Å². The van der Waals surface area contributed by atoms with Gasteiger partial charge in [-0.25, -0.2) is 0 Å². The molecule has 2 saturated carbocycles. The van der Waals surface area contributed by atoms with E-state index in [1.54, 1.807) is 19.2 Å². The molecule has 0 spiro atoms.